The molecule has 2 aromatic rings. The quantitative estimate of drug-likeness (QED) is 0.808. The minimum absolute atomic E-state index is 0.769. The lowest BCUT2D eigenvalue weighted by atomic mass is 10.4. The Hall–Kier alpha value is -1.36. The Morgan fingerprint density at radius 3 is 3.07 bits per heavy atom. The van der Waals surface area contributed by atoms with E-state index in [4.69, 9.17) is 0 Å². The number of nitrogens with one attached hydrogen (secondary N) is 2. The standard InChI is InChI=1S/C9H12N4S/c1-2-8-12-13-9(14-8)11-6-7-4-3-5-10-7/h3-5,10H,2,6H2,1H3,(H,11,13). The number of aromatic amines is 1. The van der Waals surface area contributed by atoms with Gasteiger partial charge in [0.25, 0.3) is 0 Å². The fraction of sp³-hybridized carbons (Fsp3) is 0.333. The molecule has 0 aromatic carbocycles. The van der Waals surface area contributed by atoms with Crippen LogP contribution in [0.15, 0.2) is 18.3 Å². The fourth-order valence-electron chi connectivity index (χ4n) is 1.12. The second kappa shape index (κ2) is 4.23. The Kier molecular flexibility index (Phi) is 2.78. The first kappa shape index (κ1) is 9.21. The van der Waals surface area contributed by atoms with E-state index in [0.717, 1.165) is 28.8 Å². The number of aromatic nitrogens is 3. The van der Waals surface area contributed by atoms with Crippen molar-refractivity contribution in [1.82, 2.24) is 15.2 Å². The third kappa shape index (κ3) is 2.11. The highest BCUT2D eigenvalue weighted by Gasteiger charge is 2.01. The largest absolute Gasteiger partial charge is 0.364 e. The van der Waals surface area contributed by atoms with Gasteiger partial charge in [-0.1, -0.05) is 18.3 Å². The van der Waals surface area contributed by atoms with Crippen LogP contribution in [0.3, 0.4) is 0 Å². The molecular weight excluding hydrogens is 196 g/mol. The van der Waals surface area contributed by atoms with Gasteiger partial charge in [-0.3, -0.25) is 0 Å². The van der Waals surface area contributed by atoms with Gasteiger partial charge in [0.2, 0.25) is 5.13 Å². The van der Waals surface area contributed by atoms with Crippen LogP contribution in [0, 0.1) is 0 Å². The van der Waals surface area contributed by atoms with Crippen LogP contribution in [0.1, 0.15) is 17.6 Å². The molecule has 2 aromatic heterocycles. The van der Waals surface area contributed by atoms with E-state index in [1.807, 2.05) is 18.3 Å². The van der Waals surface area contributed by atoms with Crippen molar-refractivity contribution in [2.45, 2.75) is 19.9 Å². The maximum atomic E-state index is 4.03. The third-order valence-electron chi connectivity index (χ3n) is 1.86. The lowest BCUT2D eigenvalue weighted by Crippen LogP contribution is -1.98. The van der Waals surface area contributed by atoms with Crippen LogP contribution in [-0.2, 0) is 13.0 Å². The minimum Gasteiger partial charge on any atom is -0.364 e. The van der Waals surface area contributed by atoms with Gasteiger partial charge in [-0.15, -0.1) is 10.2 Å². The predicted octanol–water partition coefficient (Wildman–Crippen LogP) is 2.04. The topological polar surface area (TPSA) is 53.6 Å². The summed E-state index contributed by atoms with van der Waals surface area (Å²) < 4.78 is 0. The first-order chi connectivity index (χ1) is 6.88. The molecule has 0 unspecified atom stereocenters. The normalized spacial score (nSPS) is 10.4. The van der Waals surface area contributed by atoms with Crippen LogP contribution >= 0.6 is 11.3 Å². The van der Waals surface area contributed by atoms with Crippen LogP contribution in [-0.4, -0.2) is 15.2 Å². The maximum Gasteiger partial charge on any atom is 0.205 e. The fourth-order valence-corrected chi connectivity index (χ4v) is 1.79. The Morgan fingerprint density at radius 2 is 2.43 bits per heavy atom. The van der Waals surface area contributed by atoms with Gasteiger partial charge in [-0.2, -0.15) is 0 Å². The van der Waals surface area contributed by atoms with Gasteiger partial charge in [-0.25, -0.2) is 0 Å². The first-order valence-electron chi connectivity index (χ1n) is 4.57. The average molecular weight is 208 g/mol. The molecule has 2 rings (SSSR count). The molecule has 5 heteroatoms. The molecule has 2 N–H and O–H groups in total. The summed E-state index contributed by atoms with van der Waals surface area (Å²) in [5.41, 5.74) is 1.15. The van der Waals surface area contributed by atoms with Gasteiger partial charge in [0, 0.05) is 11.9 Å². The number of anilines is 1. The number of rotatable bonds is 4. The van der Waals surface area contributed by atoms with Crippen molar-refractivity contribution in [3.05, 3.63) is 29.0 Å². The molecule has 74 valence electrons. The molecule has 0 spiro atoms. The van der Waals surface area contributed by atoms with Crippen molar-refractivity contribution in [2.24, 2.45) is 0 Å². The molecule has 0 aliphatic carbocycles. The Bertz CT molecular complexity index is 379. The van der Waals surface area contributed by atoms with E-state index in [2.05, 4.69) is 27.4 Å². The highest BCUT2D eigenvalue weighted by Crippen LogP contribution is 2.15. The Labute approximate surface area is 86.4 Å². The van der Waals surface area contributed by atoms with Crippen LogP contribution in [0.5, 0.6) is 0 Å². The van der Waals surface area contributed by atoms with Gasteiger partial charge >= 0.3 is 0 Å². The van der Waals surface area contributed by atoms with Crippen molar-refractivity contribution in [3.63, 3.8) is 0 Å². The smallest absolute Gasteiger partial charge is 0.205 e. The number of H-pyrrole nitrogens is 1. The van der Waals surface area contributed by atoms with Crippen LogP contribution in [0.2, 0.25) is 0 Å². The van der Waals surface area contributed by atoms with Gasteiger partial charge in [0.1, 0.15) is 5.01 Å². The van der Waals surface area contributed by atoms with Crippen molar-refractivity contribution < 1.29 is 0 Å². The molecule has 0 aliphatic heterocycles. The van der Waals surface area contributed by atoms with Crippen molar-refractivity contribution in [2.75, 3.05) is 5.32 Å². The van der Waals surface area contributed by atoms with Crippen LogP contribution in [0.25, 0.3) is 0 Å². The molecule has 0 saturated carbocycles. The van der Waals surface area contributed by atoms with E-state index in [1.54, 1.807) is 11.3 Å². The highest BCUT2D eigenvalue weighted by atomic mass is 32.1. The minimum atomic E-state index is 0.769. The lowest BCUT2D eigenvalue weighted by molar-refractivity contribution is 0.970. The van der Waals surface area contributed by atoms with Crippen molar-refractivity contribution in [1.29, 1.82) is 0 Å². The summed E-state index contributed by atoms with van der Waals surface area (Å²) in [6.45, 7) is 2.85. The average Bonchev–Trinajstić information content (AvgIpc) is 2.86. The molecule has 0 atom stereocenters. The summed E-state index contributed by atoms with van der Waals surface area (Å²) >= 11 is 1.61. The molecule has 14 heavy (non-hydrogen) atoms. The molecule has 4 nitrogen and oxygen atoms in total. The van der Waals surface area contributed by atoms with Crippen molar-refractivity contribution >= 4 is 16.5 Å². The van der Waals surface area contributed by atoms with Crippen molar-refractivity contribution in [3.8, 4) is 0 Å². The number of nitrogens with zero attached hydrogens (tertiary/aromatic N) is 2. The first-order valence-corrected chi connectivity index (χ1v) is 5.38. The van der Waals surface area contributed by atoms with E-state index in [1.165, 1.54) is 0 Å². The summed E-state index contributed by atoms with van der Waals surface area (Å²) in [6, 6.07) is 4.02. The van der Waals surface area contributed by atoms with E-state index < -0.39 is 0 Å². The summed E-state index contributed by atoms with van der Waals surface area (Å²) in [5, 5.41) is 13.2. The lowest BCUT2D eigenvalue weighted by Gasteiger charge is -1.97. The second-order valence-corrected chi connectivity index (χ2v) is 3.97. The number of hydrogen-bond acceptors (Lipinski definition) is 4. The van der Waals surface area contributed by atoms with E-state index in [0.29, 0.717) is 0 Å². The SMILES string of the molecule is CCc1nnc(NCc2ccc[nH]2)s1. The number of aryl methyl sites for hydroxylation is 1. The zero-order valence-electron chi connectivity index (χ0n) is 7.95. The molecule has 0 bridgehead atoms. The van der Waals surface area contributed by atoms with Crippen LogP contribution < -0.4 is 5.32 Å². The maximum absolute atomic E-state index is 4.03. The number of hydrogen-bond donors (Lipinski definition) is 2. The molecule has 2 heterocycles. The van der Waals surface area contributed by atoms with E-state index in [9.17, 15) is 0 Å². The summed E-state index contributed by atoms with van der Waals surface area (Å²) in [6.07, 6.45) is 2.86. The molecule has 0 aliphatic rings. The monoisotopic (exact) mass is 208 g/mol. The van der Waals surface area contributed by atoms with E-state index in [-0.39, 0.29) is 0 Å². The van der Waals surface area contributed by atoms with Gasteiger partial charge in [0.15, 0.2) is 0 Å². The Balaban J connectivity index is 1.92. The van der Waals surface area contributed by atoms with Gasteiger partial charge in [-0.05, 0) is 18.6 Å². The third-order valence-corrected chi connectivity index (χ3v) is 2.89. The summed E-state index contributed by atoms with van der Waals surface area (Å²) in [5.74, 6) is 0. The van der Waals surface area contributed by atoms with Gasteiger partial charge < -0.3 is 10.3 Å². The highest BCUT2D eigenvalue weighted by molar-refractivity contribution is 7.15. The molecule has 0 radical (unpaired) electrons. The second-order valence-electron chi connectivity index (χ2n) is 2.90. The molecule has 0 saturated heterocycles. The Morgan fingerprint density at radius 1 is 1.50 bits per heavy atom. The predicted molar refractivity (Wildman–Crippen MR) is 57.4 cm³/mol. The molecule has 0 amide bonds. The van der Waals surface area contributed by atoms with Gasteiger partial charge in [0.05, 0.1) is 6.54 Å². The summed E-state index contributed by atoms with van der Waals surface area (Å²) in [7, 11) is 0. The molecular formula is C9H12N4S. The zero-order chi connectivity index (χ0) is 9.80. The summed E-state index contributed by atoms with van der Waals surface area (Å²) in [4.78, 5) is 3.12. The molecule has 0 fully saturated rings. The zero-order valence-corrected chi connectivity index (χ0v) is 8.77. The van der Waals surface area contributed by atoms with Crippen LogP contribution in [0.4, 0.5) is 5.13 Å². The van der Waals surface area contributed by atoms with E-state index >= 15 is 0 Å².